The second kappa shape index (κ2) is 6.72. The van der Waals surface area contributed by atoms with Crippen LogP contribution in [0.3, 0.4) is 0 Å². The Morgan fingerprint density at radius 2 is 2.19 bits per heavy atom. The number of halogens is 1. The molecule has 0 saturated heterocycles. The van der Waals surface area contributed by atoms with Gasteiger partial charge < -0.3 is 10.5 Å². The molecule has 1 aliphatic carbocycles. The summed E-state index contributed by atoms with van der Waals surface area (Å²) in [5, 5.41) is 0. The smallest absolute Gasteiger partial charge is 0.212 e. The average Bonchev–Trinajstić information content (AvgIpc) is 2.81. The Kier molecular flexibility index (Phi) is 5.18. The van der Waals surface area contributed by atoms with Gasteiger partial charge in [0.1, 0.15) is 0 Å². The summed E-state index contributed by atoms with van der Waals surface area (Å²) < 4.78 is 44.9. The summed E-state index contributed by atoms with van der Waals surface area (Å²) in [7, 11) is -1.99. The Hall–Kier alpha value is -1.18. The maximum Gasteiger partial charge on any atom is 0.212 e. The highest BCUT2D eigenvalue weighted by atomic mass is 32.2. The van der Waals surface area contributed by atoms with Crippen molar-refractivity contribution in [1.82, 2.24) is 4.72 Å². The first kappa shape index (κ1) is 16.2. The van der Waals surface area contributed by atoms with E-state index in [0.717, 1.165) is 19.3 Å². The molecule has 1 saturated carbocycles. The van der Waals surface area contributed by atoms with E-state index in [-0.39, 0.29) is 30.0 Å². The van der Waals surface area contributed by atoms with E-state index in [0.29, 0.717) is 5.56 Å². The molecule has 118 valence electrons. The normalized spacial score (nSPS) is 22.4. The van der Waals surface area contributed by atoms with Crippen LogP contribution in [0.2, 0.25) is 0 Å². The highest BCUT2D eigenvalue weighted by molar-refractivity contribution is 7.89. The van der Waals surface area contributed by atoms with Crippen molar-refractivity contribution in [2.75, 3.05) is 12.9 Å². The molecule has 0 unspecified atom stereocenters. The van der Waals surface area contributed by atoms with Crippen molar-refractivity contribution >= 4 is 10.0 Å². The van der Waals surface area contributed by atoms with Crippen molar-refractivity contribution in [2.24, 2.45) is 11.7 Å². The largest absolute Gasteiger partial charge is 0.494 e. The Morgan fingerprint density at radius 3 is 2.76 bits per heavy atom. The molecule has 0 aromatic heterocycles. The summed E-state index contributed by atoms with van der Waals surface area (Å²) in [5.74, 6) is -0.165. The highest BCUT2D eigenvalue weighted by Gasteiger charge is 2.26. The molecule has 0 heterocycles. The van der Waals surface area contributed by atoms with Gasteiger partial charge in [0.25, 0.3) is 0 Å². The van der Waals surface area contributed by atoms with Gasteiger partial charge in [0, 0.05) is 12.6 Å². The third-order valence-corrected chi connectivity index (χ3v) is 5.24. The van der Waals surface area contributed by atoms with Gasteiger partial charge in [-0.1, -0.05) is 6.07 Å². The second-order valence-corrected chi connectivity index (χ2v) is 7.36. The van der Waals surface area contributed by atoms with Gasteiger partial charge in [-0.05, 0) is 42.9 Å². The van der Waals surface area contributed by atoms with Crippen LogP contribution in [0.15, 0.2) is 18.2 Å². The highest BCUT2D eigenvalue weighted by Crippen LogP contribution is 2.25. The van der Waals surface area contributed by atoms with E-state index in [1.165, 1.54) is 19.2 Å². The first-order valence-corrected chi connectivity index (χ1v) is 8.60. The molecule has 3 N–H and O–H groups in total. The first-order valence-electron chi connectivity index (χ1n) is 6.95. The average molecular weight is 316 g/mol. The van der Waals surface area contributed by atoms with E-state index in [2.05, 4.69) is 4.72 Å². The number of benzene rings is 1. The minimum absolute atomic E-state index is 0.0714. The fourth-order valence-electron chi connectivity index (χ4n) is 2.65. The number of ether oxygens (including phenoxy) is 1. The molecule has 0 amide bonds. The maximum absolute atomic E-state index is 13.5. The van der Waals surface area contributed by atoms with Crippen LogP contribution in [-0.4, -0.2) is 27.3 Å². The van der Waals surface area contributed by atoms with E-state index < -0.39 is 15.8 Å². The minimum Gasteiger partial charge on any atom is -0.494 e. The molecule has 1 aliphatic rings. The van der Waals surface area contributed by atoms with Gasteiger partial charge in [0.2, 0.25) is 10.0 Å². The molecule has 1 fully saturated rings. The predicted octanol–water partition coefficient (Wildman–Crippen LogP) is 1.38. The third kappa shape index (κ3) is 4.66. The zero-order valence-electron chi connectivity index (χ0n) is 12.0. The zero-order valence-corrected chi connectivity index (χ0v) is 12.8. The standard InChI is InChI=1S/C14H21FN2O3S/c1-20-14-5-3-10(7-13(14)15)8-17-21(18,19)9-11-2-4-12(16)6-11/h3,5,7,11-12,17H,2,4,6,8-9,16H2,1H3/t11-,12+/m1/s1. The van der Waals surface area contributed by atoms with Crippen LogP contribution in [0.1, 0.15) is 24.8 Å². The van der Waals surface area contributed by atoms with Gasteiger partial charge >= 0.3 is 0 Å². The number of sulfonamides is 1. The van der Waals surface area contributed by atoms with Crippen LogP contribution >= 0.6 is 0 Å². The van der Waals surface area contributed by atoms with E-state index in [4.69, 9.17) is 10.5 Å². The Balaban J connectivity index is 1.90. The summed E-state index contributed by atoms with van der Waals surface area (Å²) in [6.45, 7) is 0.0714. The lowest BCUT2D eigenvalue weighted by molar-refractivity contribution is 0.386. The molecule has 2 atom stereocenters. The Labute approximate surface area is 124 Å². The maximum atomic E-state index is 13.5. The fraction of sp³-hybridized carbons (Fsp3) is 0.571. The summed E-state index contributed by atoms with van der Waals surface area (Å²) in [4.78, 5) is 0. The lowest BCUT2D eigenvalue weighted by Crippen LogP contribution is -2.29. The fourth-order valence-corrected chi connectivity index (χ4v) is 4.08. The van der Waals surface area contributed by atoms with Crippen molar-refractivity contribution in [3.05, 3.63) is 29.6 Å². The number of nitrogens with two attached hydrogens (primary N) is 1. The molecular weight excluding hydrogens is 295 g/mol. The van der Waals surface area contributed by atoms with Crippen LogP contribution in [0.5, 0.6) is 5.75 Å². The van der Waals surface area contributed by atoms with Gasteiger partial charge in [-0.15, -0.1) is 0 Å². The quantitative estimate of drug-likeness (QED) is 0.831. The minimum atomic E-state index is -3.37. The number of rotatable bonds is 6. The summed E-state index contributed by atoms with van der Waals surface area (Å²) >= 11 is 0. The number of nitrogens with one attached hydrogen (secondary N) is 1. The first-order chi connectivity index (χ1) is 9.89. The molecule has 0 spiro atoms. The van der Waals surface area contributed by atoms with Gasteiger partial charge in [-0.3, -0.25) is 0 Å². The van der Waals surface area contributed by atoms with Crippen molar-refractivity contribution in [2.45, 2.75) is 31.8 Å². The monoisotopic (exact) mass is 316 g/mol. The number of hydrogen-bond donors (Lipinski definition) is 2. The third-order valence-electron chi connectivity index (χ3n) is 3.75. The van der Waals surface area contributed by atoms with Gasteiger partial charge in [-0.25, -0.2) is 17.5 Å². The molecule has 2 rings (SSSR count). The summed E-state index contributed by atoms with van der Waals surface area (Å²) in [6, 6.07) is 4.50. The zero-order chi connectivity index (χ0) is 15.5. The van der Waals surface area contributed by atoms with Crippen LogP contribution < -0.4 is 15.2 Å². The molecular formula is C14H21FN2O3S. The van der Waals surface area contributed by atoms with Crippen LogP contribution in [0, 0.1) is 11.7 Å². The van der Waals surface area contributed by atoms with E-state index >= 15 is 0 Å². The van der Waals surface area contributed by atoms with Crippen molar-refractivity contribution in [1.29, 1.82) is 0 Å². The topological polar surface area (TPSA) is 81.4 Å². The molecule has 0 radical (unpaired) electrons. The van der Waals surface area contributed by atoms with Gasteiger partial charge in [0.05, 0.1) is 12.9 Å². The van der Waals surface area contributed by atoms with Gasteiger partial charge in [0.15, 0.2) is 11.6 Å². The molecule has 1 aromatic rings. The summed E-state index contributed by atoms with van der Waals surface area (Å²) in [5.41, 5.74) is 6.34. The Morgan fingerprint density at radius 1 is 1.43 bits per heavy atom. The van der Waals surface area contributed by atoms with Crippen LogP contribution in [0.4, 0.5) is 4.39 Å². The molecule has 0 aliphatic heterocycles. The van der Waals surface area contributed by atoms with Crippen molar-refractivity contribution < 1.29 is 17.5 Å². The number of hydrogen-bond acceptors (Lipinski definition) is 4. The van der Waals surface area contributed by atoms with E-state index in [9.17, 15) is 12.8 Å². The SMILES string of the molecule is COc1ccc(CNS(=O)(=O)C[C@@H]2CC[C@H](N)C2)cc1F. The predicted molar refractivity (Wildman–Crippen MR) is 78.9 cm³/mol. The number of methoxy groups -OCH3 is 1. The molecule has 7 heteroatoms. The Bertz CT molecular complexity index is 592. The van der Waals surface area contributed by atoms with E-state index in [1.54, 1.807) is 6.07 Å². The molecule has 0 bridgehead atoms. The van der Waals surface area contributed by atoms with Gasteiger partial charge in [-0.2, -0.15) is 0 Å². The summed E-state index contributed by atoms with van der Waals surface area (Å²) in [6.07, 6.45) is 2.47. The van der Waals surface area contributed by atoms with E-state index in [1.807, 2.05) is 0 Å². The lowest BCUT2D eigenvalue weighted by atomic mass is 10.1. The van der Waals surface area contributed by atoms with Crippen molar-refractivity contribution in [3.63, 3.8) is 0 Å². The van der Waals surface area contributed by atoms with Crippen LogP contribution in [0.25, 0.3) is 0 Å². The van der Waals surface area contributed by atoms with Crippen molar-refractivity contribution in [3.8, 4) is 5.75 Å². The molecule has 1 aromatic carbocycles. The molecule has 21 heavy (non-hydrogen) atoms. The lowest BCUT2D eigenvalue weighted by Gasteiger charge is -2.12. The van der Waals surface area contributed by atoms with Crippen LogP contribution in [-0.2, 0) is 16.6 Å². The molecule has 5 nitrogen and oxygen atoms in total. The second-order valence-electron chi connectivity index (χ2n) is 5.51.